The molecule has 0 amide bonds. The summed E-state index contributed by atoms with van der Waals surface area (Å²) in [6, 6.07) is 10.3. The fraction of sp³-hybridized carbons (Fsp3) is 0.409. The lowest BCUT2D eigenvalue weighted by Crippen LogP contribution is -2.20. The highest BCUT2D eigenvalue weighted by Crippen LogP contribution is 2.21. The van der Waals surface area contributed by atoms with E-state index in [2.05, 4.69) is 71.9 Å². The summed E-state index contributed by atoms with van der Waals surface area (Å²) >= 11 is 0. The Labute approximate surface area is 148 Å². The maximum atomic E-state index is 4.77. The van der Waals surface area contributed by atoms with E-state index in [0.717, 1.165) is 35.5 Å². The number of likely N-dealkylation sites (N-methyl/N-ethyl adjacent to an activating group) is 1. The molecule has 1 aromatic carbocycles. The molecule has 0 aliphatic carbocycles. The predicted octanol–water partition coefficient (Wildman–Crippen LogP) is 5.95. The molecule has 1 rings (SSSR count). The smallest absolute Gasteiger partial charge is 0.0426 e. The number of rotatable bonds is 8. The summed E-state index contributed by atoms with van der Waals surface area (Å²) < 4.78 is 0. The van der Waals surface area contributed by atoms with Crippen LogP contribution in [-0.4, -0.2) is 24.2 Å². The molecule has 0 bridgehead atoms. The Morgan fingerprint density at radius 3 is 2.25 bits per heavy atom. The third kappa shape index (κ3) is 5.52. The molecular formula is C22H32N2. The highest BCUT2D eigenvalue weighted by Gasteiger charge is 2.10. The van der Waals surface area contributed by atoms with Crippen LogP contribution >= 0.6 is 0 Å². The van der Waals surface area contributed by atoms with Crippen molar-refractivity contribution in [3.8, 4) is 0 Å². The van der Waals surface area contributed by atoms with Crippen LogP contribution in [0.5, 0.6) is 0 Å². The van der Waals surface area contributed by atoms with Crippen molar-refractivity contribution in [1.29, 1.82) is 0 Å². The van der Waals surface area contributed by atoms with Crippen LogP contribution in [0.1, 0.15) is 46.6 Å². The topological polar surface area (TPSA) is 15.6 Å². The van der Waals surface area contributed by atoms with Gasteiger partial charge in [-0.2, -0.15) is 0 Å². The van der Waals surface area contributed by atoms with Crippen LogP contribution in [-0.2, 0) is 0 Å². The van der Waals surface area contributed by atoms with Crippen molar-refractivity contribution in [3.05, 3.63) is 66.0 Å². The fourth-order valence-corrected chi connectivity index (χ4v) is 2.40. The van der Waals surface area contributed by atoms with E-state index < -0.39 is 0 Å². The highest BCUT2D eigenvalue weighted by molar-refractivity contribution is 5.85. The normalized spacial score (nSPS) is 14.0. The number of allylic oxidation sites excluding steroid dienone is 2. The van der Waals surface area contributed by atoms with Gasteiger partial charge in [-0.05, 0) is 49.8 Å². The Morgan fingerprint density at radius 1 is 1.12 bits per heavy atom. The molecule has 1 aromatic rings. The monoisotopic (exact) mass is 324 g/mol. The van der Waals surface area contributed by atoms with Gasteiger partial charge in [0, 0.05) is 30.7 Å². The largest absolute Gasteiger partial charge is 0.370 e. The molecule has 130 valence electrons. The Balaban J connectivity index is 2.84. The number of aliphatic imine (C=N–C) groups is 1. The molecule has 0 fully saturated rings. The van der Waals surface area contributed by atoms with Crippen molar-refractivity contribution in [3.63, 3.8) is 0 Å². The number of hydrogen-bond donors (Lipinski definition) is 0. The fourth-order valence-electron chi connectivity index (χ4n) is 2.40. The van der Waals surface area contributed by atoms with Crippen molar-refractivity contribution in [2.75, 3.05) is 13.6 Å². The lowest BCUT2D eigenvalue weighted by molar-refractivity contribution is 0.480. The average molecular weight is 325 g/mol. The maximum Gasteiger partial charge on any atom is 0.0426 e. The number of benzene rings is 1. The molecule has 1 unspecified atom stereocenters. The molecule has 0 aromatic heterocycles. The molecule has 24 heavy (non-hydrogen) atoms. The van der Waals surface area contributed by atoms with E-state index in [1.165, 1.54) is 11.3 Å². The molecule has 0 aliphatic heterocycles. The highest BCUT2D eigenvalue weighted by atomic mass is 15.1. The molecule has 0 N–H and O–H groups in total. The average Bonchev–Trinajstić information content (AvgIpc) is 2.59. The molecule has 0 radical (unpaired) electrons. The van der Waals surface area contributed by atoms with Gasteiger partial charge >= 0.3 is 0 Å². The lowest BCUT2D eigenvalue weighted by atomic mass is 10.0. The van der Waals surface area contributed by atoms with Gasteiger partial charge in [-0.3, -0.25) is 4.99 Å². The molecule has 0 spiro atoms. The summed E-state index contributed by atoms with van der Waals surface area (Å²) in [6.45, 7) is 19.9. The van der Waals surface area contributed by atoms with Gasteiger partial charge in [0.05, 0.1) is 0 Å². The van der Waals surface area contributed by atoms with E-state index in [0.29, 0.717) is 5.92 Å². The Kier molecular flexibility index (Phi) is 7.70. The van der Waals surface area contributed by atoms with E-state index in [4.69, 9.17) is 4.99 Å². The summed E-state index contributed by atoms with van der Waals surface area (Å²) in [7, 11) is 2.05. The predicted molar refractivity (Wildman–Crippen MR) is 108 cm³/mol. The lowest BCUT2D eigenvalue weighted by Gasteiger charge is -2.24. The molecule has 0 heterocycles. The molecule has 2 nitrogen and oxygen atoms in total. The van der Waals surface area contributed by atoms with Crippen LogP contribution in [0.25, 0.3) is 5.57 Å². The molecule has 2 heteroatoms. The van der Waals surface area contributed by atoms with Gasteiger partial charge < -0.3 is 4.90 Å². The van der Waals surface area contributed by atoms with Gasteiger partial charge in [0.25, 0.3) is 0 Å². The maximum absolute atomic E-state index is 4.77. The summed E-state index contributed by atoms with van der Waals surface area (Å²) in [4.78, 5) is 6.92. The van der Waals surface area contributed by atoms with Gasteiger partial charge in [0.15, 0.2) is 0 Å². The minimum absolute atomic E-state index is 0.511. The van der Waals surface area contributed by atoms with Gasteiger partial charge in [0.1, 0.15) is 0 Å². The Hall–Kier alpha value is -2.09. The Bertz CT molecular complexity index is 635. The molecular weight excluding hydrogens is 292 g/mol. The van der Waals surface area contributed by atoms with Crippen molar-refractivity contribution < 1.29 is 0 Å². The van der Waals surface area contributed by atoms with Crippen molar-refractivity contribution in [2.45, 2.75) is 41.0 Å². The van der Waals surface area contributed by atoms with Gasteiger partial charge in [-0.15, -0.1) is 0 Å². The third-order valence-electron chi connectivity index (χ3n) is 4.72. The second-order valence-corrected chi connectivity index (χ2v) is 6.55. The van der Waals surface area contributed by atoms with Crippen LogP contribution in [0.15, 0.2) is 65.4 Å². The molecule has 0 saturated carbocycles. The first-order chi connectivity index (χ1) is 11.3. The molecule has 0 aliphatic rings. The first-order valence-corrected chi connectivity index (χ1v) is 8.64. The van der Waals surface area contributed by atoms with Gasteiger partial charge in [0.2, 0.25) is 0 Å². The molecule has 0 saturated heterocycles. The van der Waals surface area contributed by atoms with Crippen LogP contribution in [0.3, 0.4) is 0 Å². The van der Waals surface area contributed by atoms with Crippen LogP contribution in [0, 0.1) is 5.92 Å². The summed E-state index contributed by atoms with van der Waals surface area (Å²) in [5, 5.41) is 0. The van der Waals surface area contributed by atoms with E-state index in [9.17, 15) is 0 Å². The zero-order chi connectivity index (χ0) is 18.3. The quantitative estimate of drug-likeness (QED) is 0.426. The van der Waals surface area contributed by atoms with Crippen LogP contribution in [0.4, 0.5) is 0 Å². The van der Waals surface area contributed by atoms with E-state index in [1.54, 1.807) is 0 Å². The van der Waals surface area contributed by atoms with Crippen LogP contribution < -0.4 is 0 Å². The van der Waals surface area contributed by atoms with Gasteiger partial charge in [-0.25, -0.2) is 0 Å². The summed E-state index contributed by atoms with van der Waals surface area (Å²) in [5.74, 6) is 0.511. The molecule has 1 atom stereocenters. The van der Waals surface area contributed by atoms with E-state index in [1.807, 2.05) is 18.2 Å². The van der Waals surface area contributed by atoms with Crippen molar-refractivity contribution in [1.82, 2.24) is 4.90 Å². The Morgan fingerprint density at radius 2 is 1.71 bits per heavy atom. The van der Waals surface area contributed by atoms with Gasteiger partial charge in [-0.1, -0.05) is 57.3 Å². The summed E-state index contributed by atoms with van der Waals surface area (Å²) in [5.41, 5.74) is 6.59. The SMILES string of the molecule is C=C(CN(C)C(=C)/C(C)=C(\C)N=C(C)C(C)CC)c1ccccc1. The second kappa shape index (κ2) is 9.27. The second-order valence-electron chi connectivity index (χ2n) is 6.55. The zero-order valence-electron chi connectivity index (χ0n) is 16.2. The number of hydrogen-bond acceptors (Lipinski definition) is 2. The van der Waals surface area contributed by atoms with E-state index in [-0.39, 0.29) is 0 Å². The first kappa shape index (κ1) is 20.0. The first-order valence-electron chi connectivity index (χ1n) is 8.64. The standard InChI is InChI=1S/C22H32N2/c1-9-16(2)19(5)23-20(6)18(4)21(7)24(8)15-17(3)22-13-11-10-12-14-22/h10-14,16H,3,7,9,15H2,1-2,4-6,8H3/b20-18+,23-19?. The number of nitrogens with zero attached hydrogens (tertiary/aromatic N) is 2. The third-order valence-corrected chi connectivity index (χ3v) is 4.72. The van der Waals surface area contributed by atoms with Crippen molar-refractivity contribution in [2.24, 2.45) is 10.9 Å². The minimum Gasteiger partial charge on any atom is -0.370 e. The summed E-state index contributed by atoms with van der Waals surface area (Å²) in [6.07, 6.45) is 1.11. The van der Waals surface area contributed by atoms with Crippen LogP contribution in [0.2, 0.25) is 0 Å². The van der Waals surface area contributed by atoms with Crippen molar-refractivity contribution >= 4 is 11.3 Å². The minimum atomic E-state index is 0.511. The van der Waals surface area contributed by atoms with E-state index >= 15 is 0 Å². The zero-order valence-corrected chi connectivity index (χ0v) is 16.2.